The van der Waals surface area contributed by atoms with Crippen LogP contribution in [0.4, 0.5) is 0 Å². The minimum atomic E-state index is 0.627. The maximum absolute atomic E-state index is 2.35. The van der Waals surface area contributed by atoms with E-state index in [1.54, 1.807) is 0 Å². The van der Waals surface area contributed by atoms with E-state index in [0.29, 0.717) is 9.52 Å². The Bertz CT molecular complexity index is 1410. The van der Waals surface area contributed by atoms with E-state index >= 15 is 0 Å². The maximum atomic E-state index is 2.35. The quantitative estimate of drug-likeness (QED) is 0.256. The molecule has 29 heavy (non-hydrogen) atoms. The second-order valence-corrected chi connectivity index (χ2v) is 8.90. The molecule has 2 radical (unpaired) electrons. The van der Waals surface area contributed by atoms with Gasteiger partial charge < -0.3 is 0 Å². The van der Waals surface area contributed by atoms with E-state index < -0.39 is 0 Å². The van der Waals surface area contributed by atoms with Crippen molar-refractivity contribution in [1.82, 2.24) is 0 Å². The monoisotopic (exact) mass is 382 g/mol. The van der Waals surface area contributed by atoms with Crippen LogP contribution in [0.1, 0.15) is 0 Å². The van der Waals surface area contributed by atoms with Crippen LogP contribution in [0.2, 0.25) is 0 Å². The average molecular weight is 383 g/mol. The molecule has 0 saturated heterocycles. The van der Waals surface area contributed by atoms with Crippen LogP contribution in [0.25, 0.3) is 43.1 Å². The van der Waals surface area contributed by atoms with E-state index in [1.165, 1.54) is 53.5 Å². The molecule has 1 heteroatoms. The lowest BCUT2D eigenvalue weighted by atomic mass is 10.0. The molecule has 6 aromatic carbocycles. The van der Waals surface area contributed by atoms with Crippen LogP contribution in [0.15, 0.2) is 109 Å². The van der Waals surface area contributed by atoms with E-state index in [2.05, 4.69) is 109 Å². The van der Waals surface area contributed by atoms with Crippen LogP contribution < -0.4 is 10.4 Å². The number of benzene rings is 6. The van der Waals surface area contributed by atoms with Gasteiger partial charge in [-0.05, 0) is 67.4 Å². The van der Waals surface area contributed by atoms with Gasteiger partial charge in [0.2, 0.25) is 0 Å². The number of fused-ring (bicyclic) bond motifs is 4. The van der Waals surface area contributed by atoms with Gasteiger partial charge >= 0.3 is 0 Å². The third-order valence-corrected chi connectivity index (χ3v) is 7.17. The Morgan fingerprint density at radius 3 is 1.17 bits per heavy atom. The Hall–Kier alpha value is -3.42. The van der Waals surface area contributed by atoms with E-state index in [1.807, 2.05) is 0 Å². The topological polar surface area (TPSA) is 0 Å². The zero-order chi connectivity index (χ0) is 19.2. The molecule has 0 saturated carbocycles. The predicted molar refractivity (Wildman–Crippen MR) is 128 cm³/mol. The van der Waals surface area contributed by atoms with Gasteiger partial charge in [-0.1, -0.05) is 95.3 Å². The molecule has 0 spiro atoms. The Morgan fingerprint density at radius 2 is 0.724 bits per heavy atom. The van der Waals surface area contributed by atoms with Gasteiger partial charge in [0.15, 0.2) is 0 Å². The van der Waals surface area contributed by atoms with Crippen molar-refractivity contribution in [3.05, 3.63) is 109 Å². The van der Waals surface area contributed by atoms with E-state index in [-0.39, 0.29) is 0 Å². The van der Waals surface area contributed by atoms with Crippen LogP contribution in [-0.2, 0) is 0 Å². The highest BCUT2D eigenvalue weighted by atomic mass is 28.2. The minimum Gasteiger partial charge on any atom is -0.0625 e. The van der Waals surface area contributed by atoms with Crippen molar-refractivity contribution in [2.75, 3.05) is 0 Å². The zero-order valence-corrected chi connectivity index (χ0v) is 16.9. The molecule has 0 nitrogen and oxygen atoms in total. The lowest BCUT2D eigenvalue weighted by molar-refractivity contribution is 1.78. The predicted octanol–water partition coefficient (Wildman–Crippen LogP) is 5.95. The molecule has 0 amide bonds. The minimum absolute atomic E-state index is 0.627. The average Bonchev–Trinajstić information content (AvgIpc) is 2.77. The highest BCUT2D eigenvalue weighted by Gasteiger charge is 2.09. The summed E-state index contributed by atoms with van der Waals surface area (Å²) in [6.07, 6.45) is 0. The van der Waals surface area contributed by atoms with Gasteiger partial charge in [0.25, 0.3) is 0 Å². The highest BCUT2D eigenvalue weighted by molar-refractivity contribution is 6.72. The fourth-order valence-electron chi connectivity index (χ4n) is 4.30. The van der Waals surface area contributed by atoms with Crippen LogP contribution in [0, 0.1) is 0 Å². The number of rotatable bonds is 2. The second kappa shape index (κ2) is 6.58. The molecule has 0 aliphatic carbocycles. The summed E-state index contributed by atoms with van der Waals surface area (Å²) in [6, 6.07) is 40.0. The van der Waals surface area contributed by atoms with E-state index in [0.717, 1.165) is 0 Å². The first-order valence-electron chi connectivity index (χ1n) is 9.95. The summed E-state index contributed by atoms with van der Waals surface area (Å²) in [5.74, 6) is 0. The first-order chi connectivity index (χ1) is 14.3. The van der Waals surface area contributed by atoms with Crippen molar-refractivity contribution in [1.29, 1.82) is 0 Å². The van der Waals surface area contributed by atoms with Gasteiger partial charge in [0, 0.05) is 0 Å². The number of hydrogen-bond acceptors (Lipinski definition) is 0. The van der Waals surface area contributed by atoms with Gasteiger partial charge in [0.05, 0.1) is 0 Å². The third kappa shape index (κ3) is 2.83. The molecule has 6 aromatic rings. The van der Waals surface area contributed by atoms with Gasteiger partial charge in [0.1, 0.15) is 9.52 Å². The molecule has 0 aromatic heterocycles. The fourth-order valence-corrected chi connectivity index (χ4v) is 5.65. The SMILES string of the molecule is c1ccc2cc3c([Si]c4cccc5cc6ccccc6cc45)cccc3cc2c1. The molecule has 6 rings (SSSR count). The lowest BCUT2D eigenvalue weighted by Crippen LogP contribution is -2.28. The summed E-state index contributed by atoms with van der Waals surface area (Å²) in [4.78, 5) is 0. The second-order valence-electron chi connectivity index (χ2n) is 7.58. The van der Waals surface area contributed by atoms with Crippen molar-refractivity contribution in [3.63, 3.8) is 0 Å². The van der Waals surface area contributed by atoms with Crippen molar-refractivity contribution in [3.8, 4) is 0 Å². The fraction of sp³-hybridized carbons (Fsp3) is 0. The normalized spacial score (nSPS) is 11.6. The molecule has 0 aliphatic rings. The molecule has 0 N–H and O–H groups in total. The van der Waals surface area contributed by atoms with Gasteiger partial charge in [-0.3, -0.25) is 0 Å². The molecule has 0 heterocycles. The van der Waals surface area contributed by atoms with Gasteiger partial charge in [-0.25, -0.2) is 0 Å². The van der Waals surface area contributed by atoms with E-state index in [4.69, 9.17) is 0 Å². The molecule has 134 valence electrons. The summed E-state index contributed by atoms with van der Waals surface area (Å²) in [5.41, 5.74) is 0. The standard InChI is InChI=1S/C28H18Si/c1-3-9-21-17-25-23(15-19(21)7-1)11-5-13-27(25)29-28-14-6-12-24-16-20-8-2-4-10-22(20)18-26(24)28/h1-18H. The summed E-state index contributed by atoms with van der Waals surface area (Å²) < 4.78 is 0. The van der Waals surface area contributed by atoms with Crippen LogP contribution >= 0.6 is 0 Å². The summed E-state index contributed by atoms with van der Waals surface area (Å²) in [5, 5.41) is 13.4. The molecular weight excluding hydrogens is 364 g/mol. The molecule has 0 aliphatic heterocycles. The van der Waals surface area contributed by atoms with Crippen molar-refractivity contribution in [2.24, 2.45) is 0 Å². The summed E-state index contributed by atoms with van der Waals surface area (Å²) >= 11 is 0. The largest absolute Gasteiger partial charge is 0.123 e. The Kier molecular flexibility index (Phi) is 3.75. The van der Waals surface area contributed by atoms with Crippen molar-refractivity contribution in [2.45, 2.75) is 0 Å². The van der Waals surface area contributed by atoms with Gasteiger partial charge in [-0.2, -0.15) is 0 Å². The smallest absolute Gasteiger partial charge is 0.0625 e. The van der Waals surface area contributed by atoms with Crippen LogP contribution in [0.3, 0.4) is 0 Å². The zero-order valence-electron chi connectivity index (χ0n) is 15.9. The van der Waals surface area contributed by atoms with Crippen LogP contribution in [0.5, 0.6) is 0 Å². The van der Waals surface area contributed by atoms with Crippen molar-refractivity contribution >= 4 is 63.0 Å². The van der Waals surface area contributed by atoms with Gasteiger partial charge in [-0.15, -0.1) is 0 Å². The van der Waals surface area contributed by atoms with Crippen LogP contribution in [-0.4, -0.2) is 9.52 Å². The lowest BCUT2D eigenvalue weighted by Gasteiger charge is -2.11. The Morgan fingerprint density at radius 1 is 0.345 bits per heavy atom. The first-order valence-corrected chi connectivity index (χ1v) is 11.0. The molecule has 0 bridgehead atoms. The first kappa shape index (κ1) is 16.5. The third-order valence-electron chi connectivity index (χ3n) is 5.76. The summed E-state index contributed by atoms with van der Waals surface area (Å²) in [6.45, 7) is 0. The highest BCUT2D eigenvalue weighted by Crippen LogP contribution is 2.23. The molecule has 0 unspecified atom stereocenters. The van der Waals surface area contributed by atoms with E-state index in [9.17, 15) is 0 Å². The molecular formula is C28H18Si. The number of hydrogen-bond donors (Lipinski definition) is 0. The Labute approximate surface area is 172 Å². The maximum Gasteiger partial charge on any atom is 0.123 e. The molecule has 0 fully saturated rings. The summed E-state index contributed by atoms with van der Waals surface area (Å²) in [7, 11) is 0.627. The van der Waals surface area contributed by atoms with Crippen molar-refractivity contribution < 1.29 is 0 Å². The Balaban J connectivity index is 1.55. The molecule has 0 atom stereocenters.